The second kappa shape index (κ2) is 27.9. The lowest BCUT2D eigenvalue weighted by Crippen LogP contribution is -2.63. The largest absolute Gasteiger partial charge is 0.456 e. The molecule has 2 fully saturated rings. The Kier molecular flexibility index (Phi) is 21.4. The van der Waals surface area contributed by atoms with Gasteiger partial charge in [0.2, 0.25) is 0 Å². The number of nitrogens with one attached hydrogen (secondary N) is 2. The van der Waals surface area contributed by atoms with Crippen LogP contribution in [0.2, 0.25) is 0 Å². The zero-order valence-corrected chi connectivity index (χ0v) is 47.3. The average molecular weight is 1200 g/mol. The summed E-state index contributed by atoms with van der Waals surface area (Å²) >= 11 is 7.57. The zero-order chi connectivity index (χ0) is 55.2. The van der Waals surface area contributed by atoms with Gasteiger partial charge in [0.25, 0.3) is 0 Å². The van der Waals surface area contributed by atoms with E-state index in [1.165, 1.54) is 74.7 Å². The fraction of sp³-hybridized carbons (Fsp3) is 0.585. The van der Waals surface area contributed by atoms with Crippen molar-refractivity contribution < 1.29 is 76.1 Å². The molecule has 0 amide bonds. The topological polar surface area (TPSA) is 253 Å². The molecule has 2 aromatic carbocycles. The maximum Gasteiger partial charge on any atom is 0.303 e. The predicted octanol–water partition coefficient (Wildman–Crippen LogP) is 6.85. The molecule has 1 aromatic heterocycles. The Balaban J connectivity index is 0.890. The molecule has 2 saturated heterocycles. The van der Waals surface area contributed by atoms with E-state index in [9.17, 15) is 28.8 Å². The minimum Gasteiger partial charge on any atom is -0.456 e. The van der Waals surface area contributed by atoms with Gasteiger partial charge in [-0.1, -0.05) is 87.7 Å². The number of rotatable bonds is 26. The van der Waals surface area contributed by atoms with E-state index in [2.05, 4.69) is 89.5 Å². The molecule has 4 aliphatic rings. The molecule has 420 valence electrons. The number of hydrogen-bond acceptors (Lipinski definition) is 21. The summed E-state index contributed by atoms with van der Waals surface area (Å²) in [6, 6.07) is 13.3. The van der Waals surface area contributed by atoms with E-state index in [0.29, 0.717) is 24.6 Å². The SMILES string of the molecule is CC(=O)OC1COC(N2C=C(COCCCCCCC3(CCCCCCOCc4cnnn4C4OCC(OC(C)=O)C(OC(C)=O)C4OC(C)=O)c4cc(Br)ccc4-c4ccc(Br)cc43)NN2)C(OC(C)=O)C1OC(C)=O. The molecule has 0 saturated carbocycles. The summed E-state index contributed by atoms with van der Waals surface area (Å²) in [4.78, 5) is 72.1. The number of benzene rings is 2. The van der Waals surface area contributed by atoms with Gasteiger partial charge in [-0.25, -0.2) is 4.68 Å². The molecule has 0 spiro atoms. The Bertz CT molecular complexity index is 2550. The van der Waals surface area contributed by atoms with Gasteiger partial charge in [0, 0.05) is 75.3 Å². The summed E-state index contributed by atoms with van der Waals surface area (Å²) in [5, 5.41) is 9.80. The molecular formula is C53H68Br2N6O16. The molecule has 0 bridgehead atoms. The van der Waals surface area contributed by atoms with Gasteiger partial charge in [-0.05, 0) is 72.2 Å². The van der Waals surface area contributed by atoms with E-state index < -0.39 is 84.9 Å². The molecule has 3 aliphatic heterocycles. The third-order valence-electron chi connectivity index (χ3n) is 13.5. The molecule has 8 atom stereocenters. The molecule has 1 aliphatic carbocycles. The third-order valence-corrected chi connectivity index (χ3v) is 14.5. The number of unbranched alkanes of at least 4 members (excludes halogenated alkanes) is 6. The van der Waals surface area contributed by atoms with Crippen molar-refractivity contribution in [2.24, 2.45) is 0 Å². The lowest BCUT2D eigenvalue weighted by atomic mass is 9.70. The van der Waals surface area contributed by atoms with Crippen LogP contribution in [0.25, 0.3) is 11.1 Å². The second-order valence-electron chi connectivity index (χ2n) is 19.4. The van der Waals surface area contributed by atoms with Gasteiger partial charge in [-0.2, -0.15) is 0 Å². The molecule has 2 N–H and O–H groups in total. The highest BCUT2D eigenvalue weighted by molar-refractivity contribution is 9.10. The normalized spacial score (nSPS) is 23.2. The number of halogens is 2. The smallest absolute Gasteiger partial charge is 0.303 e. The Labute approximate surface area is 464 Å². The van der Waals surface area contributed by atoms with Gasteiger partial charge in [0.05, 0.1) is 44.0 Å². The Morgan fingerprint density at radius 2 is 1.05 bits per heavy atom. The molecule has 3 aromatic rings. The van der Waals surface area contributed by atoms with Gasteiger partial charge in [0.1, 0.15) is 0 Å². The summed E-state index contributed by atoms with van der Waals surface area (Å²) < 4.78 is 60.5. The van der Waals surface area contributed by atoms with Gasteiger partial charge in [-0.3, -0.25) is 33.8 Å². The number of carbonyl (C=O) groups is 6. The van der Waals surface area contributed by atoms with E-state index in [-0.39, 0.29) is 31.8 Å². The van der Waals surface area contributed by atoms with Crippen molar-refractivity contribution in [3.05, 3.63) is 80.3 Å². The summed E-state index contributed by atoms with van der Waals surface area (Å²) in [5.74, 6) is -3.77. The van der Waals surface area contributed by atoms with Crippen molar-refractivity contribution >= 4 is 67.7 Å². The molecule has 24 heteroatoms. The van der Waals surface area contributed by atoms with Crippen LogP contribution in [0, 0.1) is 0 Å². The van der Waals surface area contributed by atoms with Crippen molar-refractivity contribution in [1.82, 2.24) is 31.0 Å². The molecule has 22 nitrogen and oxygen atoms in total. The van der Waals surface area contributed by atoms with Crippen LogP contribution in [0.15, 0.2) is 63.4 Å². The first-order valence-corrected chi connectivity index (χ1v) is 27.4. The van der Waals surface area contributed by atoms with Crippen LogP contribution >= 0.6 is 31.9 Å². The molecule has 0 radical (unpaired) electrons. The molecule has 77 heavy (non-hydrogen) atoms. The highest BCUT2D eigenvalue weighted by atomic mass is 79.9. The van der Waals surface area contributed by atoms with Crippen LogP contribution < -0.4 is 11.0 Å². The highest BCUT2D eigenvalue weighted by Gasteiger charge is 2.51. The van der Waals surface area contributed by atoms with E-state index >= 15 is 0 Å². The van der Waals surface area contributed by atoms with Gasteiger partial charge in [0.15, 0.2) is 49.1 Å². The van der Waals surface area contributed by atoms with E-state index in [0.717, 1.165) is 73.2 Å². The van der Waals surface area contributed by atoms with Crippen molar-refractivity contribution in [3.8, 4) is 11.1 Å². The number of carbonyl (C=O) groups excluding carboxylic acids is 6. The first-order chi connectivity index (χ1) is 36.9. The van der Waals surface area contributed by atoms with Crippen LogP contribution in [-0.2, 0) is 88.2 Å². The van der Waals surface area contributed by atoms with E-state index in [1.54, 1.807) is 11.2 Å². The minimum absolute atomic E-state index is 0.101. The zero-order valence-electron chi connectivity index (χ0n) is 44.1. The quantitative estimate of drug-likeness (QED) is 0.0474. The average Bonchev–Trinajstić information content (AvgIpc) is 4.17. The van der Waals surface area contributed by atoms with Crippen LogP contribution in [0.5, 0.6) is 0 Å². The molecular weight excluding hydrogens is 1140 g/mol. The van der Waals surface area contributed by atoms with Crippen molar-refractivity contribution in [3.63, 3.8) is 0 Å². The van der Waals surface area contributed by atoms with Crippen molar-refractivity contribution in [2.45, 2.75) is 167 Å². The molecule has 8 unspecified atom stereocenters. The summed E-state index contributed by atoms with van der Waals surface area (Å²) in [6.45, 7) is 8.52. The van der Waals surface area contributed by atoms with Crippen LogP contribution in [0.4, 0.5) is 0 Å². The fourth-order valence-electron chi connectivity index (χ4n) is 10.5. The monoisotopic (exact) mass is 1200 g/mol. The number of ether oxygens (including phenoxy) is 10. The number of nitrogens with zero attached hydrogens (tertiary/aromatic N) is 4. The Morgan fingerprint density at radius 3 is 1.56 bits per heavy atom. The van der Waals surface area contributed by atoms with Crippen LogP contribution in [0.1, 0.15) is 129 Å². The summed E-state index contributed by atoms with van der Waals surface area (Å²) in [6.07, 6.45) is 4.38. The molecule has 4 heterocycles. The number of hydrogen-bond donors (Lipinski definition) is 2. The molecule has 7 rings (SSSR count). The van der Waals surface area contributed by atoms with E-state index in [4.69, 9.17) is 47.4 Å². The first kappa shape index (κ1) is 59.2. The predicted molar refractivity (Wildman–Crippen MR) is 279 cm³/mol. The minimum atomic E-state index is -1.19. The number of hydrazine groups is 2. The summed E-state index contributed by atoms with van der Waals surface area (Å²) in [5.41, 5.74) is 12.4. The highest BCUT2D eigenvalue weighted by Crippen LogP contribution is 2.55. The van der Waals surface area contributed by atoms with Gasteiger partial charge in [-0.15, -0.1) is 10.6 Å². The third kappa shape index (κ3) is 15.6. The number of fused-ring (bicyclic) bond motifs is 3. The maximum absolute atomic E-state index is 12.2. The maximum atomic E-state index is 12.2. The second-order valence-corrected chi connectivity index (χ2v) is 21.2. The summed E-state index contributed by atoms with van der Waals surface area (Å²) in [7, 11) is 0. The first-order valence-electron chi connectivity index (χ1n) is 25.9. The Hall–Kier alpha value is -5.50. The lowest BCUT2D eigenvalue weighted by Gasteiger charge is -2.43. The van der Waals surface area contributed by atoms with Crippen molar-refractivity contribution in [1.29, 1.82) is 0 Å². The van der Waals surface area contributed by atoms with Crippen LogP contribution in [0.3, 0.4) is 0 Å². The number of aromatic nitrogens is 3. The van der Waals surface area contributed by atoms with E-state index in [1.807, 2.05) is 0 Å². The van der Waals surface area contributed by atoms with Crippen LogP contribution in [-0.4, -0.2) is 132 Å². The Morgan fingerprint density at radius 1 is 0.597 bits per heavy atom. The van der Waals surface area contributed by atoms with Gasteiger partial charge >= 0.3 is 35.8 Å². The van der Waals surface area contributed by atoms with Gasteiger partial charge < -0.3 is 52.8 Å². The fourth-order valence-corrected chi connectivity index (χ4v) is 11.2. The standard InChI is InChI=1S/C53H68Br2N6O16/c1-31(62)72-45-29-70-51(49(76-35(5)66)47(45)74-33(3)64)60-26-39(57-59-60)27-68-21-13-9-7-11-19-53(43-23-37(54)15-17-41(43)42-18-16-38(55)24-44(42)53)20-12-8-10-14-22-69-28-40-25-56-58-61(40)52-50(77-36(6)67)48(75-34(4)65)46(30-71-52)73-32(2)63/h15-18,23-26,45-52,57,59H,7-14,19-22,27-30H2,1-6H3. The van der Waals surface area contributed by atoms with Crippen molar-refractivity contribution in [2.75, 3.05) is 33.0 Å². The number of esters is 6. The lowest BCUT2D eigenvalue weighted by molar-refractivity contribution is -0.249.